The van der Waals surface area contributed by atoms with Crippen molar-refractivity contribution in [2.75, 3.05) is 0 Å². The zero-order valence-electron chi connectivity index (χ0n) is 15.7. The Kier molecular flexibility index (Phi) is 5.12. The summed E-state index contributed by atoms with van der Waals surface area (Å²) in [5, 5.41) is 3.80. The van der Waals surface area contributed by atoms with Crippen molar-refractivity contribution in [3.63, 3.8) is 0 Å². The first-order valence-electron chi connectivity index (χ1n) is 8.59. The molecule has 2 heterocycles. The van der Waals surface area contributed by atoms with Crippen molar-refractivity contribution in [1.29, 1.82) is 0 Å². The lowest BCUT2D eigenvalue weighted by Gasteiger charge is -2.07. The molecule has 1 N–H and O–H groups in total. The van der Waals surface area contributed by atoms with Gasteiger partial charge in [0, 0.05) is 16.6 Å². The summed E-state index contributed by atoms with van der Waals surface area (Å²) in [7, 11) is 3.91. The van der Waals surface area contributed by atoms with Gasteiger partial charge < -0.3 is 22.1 Å². The van der Waals surface area contributed by atoms with Gasteiger partial charge in [-0.05, 0) is 30.5 Å². The fourth-order valence-electron chi connectivity index (χ4n) is 3.51. The van der Waals surface area contributed by atoms with E-state index in [1.54, 1.807) is 12.3 Å². The lowest BCUT2D eigenvalue weighted by Crippen LogP contribution is -3.00. The Morgan fingerprint density at radius 3 is 2.68 bits per heavy atom. The third-order valence-corrected chi connectivity index (χ3v) is 4.84. The minimum atomic E-state index is -0.372. The van der Waals surface area contributed by atoms with Crippen molar-refractivity contribution in [2.45, 2.75) is 0 Å². The number of imidazole rings is 1. The number of fused-ring (bicyclic) bond motifs is 2. The monoisotopic (exact) mass is 393 g/mol. The average molecular weight is 394 g/mol. The van der Waals surface area contributed by atoms with E-state index in [-0.39, 0.29) is 18.0 Å². The summed E-state index contributed by atoms with van der Waals surface area (Å²) in [6.45, 7) is 7.58. The van der Waals surface area contributed by atoms with Crippen LogP contribution in [0.25, 0.3) is 39.1 Å². The van der Waals surface area contributed by atoms with Gasteiger partial charge in [-0.2, -0.15) is 0 Å². The number of halogens is 1. The van der Waals surface area contributed by atoms with Crippen LogP contribution in [-0.4, -0.2) is 4.57 Å². The fraction of sp³-hybridized carbons (Fsp3) is 0.0909. The molecule has 0 saturated carbocycles. The molecule has 6 heteroatoms. The molecule has 4 rings (SSSR count). The van der Waals surface area contributed by atoms with Gasteiger partial charge in [0.2, 0.25) is 0 Å². The molecule has 5 nitrogen and oxygen atoms in total. The quantitative estimate of drug-likeness (QED) is 0.405. The number of rotatable bonds is 4. The number of aromatic nitrogens is 2. The van der Waals surface area contributed by atoms with Crippen molar-refractivity contribution in [3.8, 4) is 11.4 Å². The molecule has 142 valence electrons. The molecule has 0 spiro atoms. The van der Waals surface area contributed by atoms with E-state index in [1.807, 2.05) is 65.7 Å². The molecule has 0 amide bonds. The fourth-order valence-corrected chi connectivity index (χ4v) is 3.51. The number of hydrogen-bond acceptors (Lipinski definition) is 3. The Hall–Kier alpha value is -3.31. The molecular formula is C22H20ClN3O2. The van der Waals surface area contributed by atoms with Gasteiger partial charge in [-0.25, -0.2) is 13.9 Å². The molecule has 0 atom stereocenters. The molecule has 0 unspecified atom stereocenters. The van der Waals surface area contributed by atoms with Crippen molar-refractivity contribution in [3.05, 3.63) is 83.9 Å². The Morgan fingerprint density at radius 1 is 1.21 bits per heavy atom. The Balaban J connectivity index is 0.00000225. The molecule has 0 aliphatic heterocycles. The summed E-state index contributed by atoms with van der Waals surface area (Å²) in [4.78, 5) is 12.8. The maximum absolute atomic E-state index is 12.8. The van der Waals surface area contributed by atoms with Crippen molar-refractivity contribution >= 4 is 27.7 Å². The van der Waals surface area contributed by atoms with Crippen molar-refractivity contribution in [1.82, 2.24) is 9.88 Å². The second-order valence-corrected chi connectivity index (χ2v) is 6.46. The number of benzene rings is 2. The van der Waals surface area contributed by atoms with Crippen LogP contribution in [0.15, 0.2) is 77.1 Å². The van der Waals surface area contributed by atoms with Crippen molar-refractivity contribution < 1.29 is 21.4 Å². The summed E-state index contributed by atoms with van der Waals surface area (Å²) in [6.07, 6.45) is 1.56. The Bertz CT molecular complexity index is 1250. The van der Waals surface area contributed by atoms with Crippen LogP contribution in [0.1, 0.15) is 5.56 Å². The molecule has 0 aliphatic rings. The zero-order chi connectivity index (χ0) is 19.1. The molecule has 4 aromatic rings. The van der Waals surface area contributed by atoms with Crippen LogP contribution in [0.3, 0.4) is 0 Å². The maximum Gasteiger partial charge on any atom is 0.351 e. The van der Waals surface area contributed by atoms with E-state index >= 15 is 0 Å². The van der Waals surface area contributed by atoms with Crippen LogP contribution in [-0.2, 0) is 14.1 Å². The third-order valence-electron chi connectivity index (χ3n) is 4.84. The first-order valence-corrected chi connectivity index (χ1v) is 8.59. The van der Waals surface area contributed by atoms with Crippen LogP contribution in [0, 0.1) is 0 Å². The van der Waals surface area contributed by atoms with Gasteiger partial charge in [0.15, 0.2) is 16.6 Å². The van der Waals surface area contributed by atoms with E-state index in [0.29, 0.717) is 16.8 Å². The summed E-state index contributed by atoms with van der Waals surface area (Å²) in [5.74, 6) is 0.800. The van der Waals surface area contributed by atoms with E-state index < -0.39 is 0 Å². The van der Waals surface area contributed by atoms with Gasteiger partial charge in [-0.1, -0.05) is 37.4 Å². The van der Waals surface area contributed by atoms with E-state index in [9.17, 15) is 4.79 Å². The number of nitrogens with one attached hydrogen (secondary N) is 1. The SMILES string of the molecule is C=CNC(=C)c1ccc2cc(-c3n(C)c4ccccc4[n+]3C)c(=O)oc2c1.[Cl-]. The molecule has 0 saturated heterocycles. The smallest absolute Gasteiger partial charge is 0.351 e. The predicted octanol–water partition coefficient (Wildman–Crippen LogP) is 0.484. The summed E-state index contributed by atoms with van der Waals surface area (Å²) in [6, 6.07) is 15.6. The number of hydrogen-bond donors (Lipinski definition) is 1. The first kappa shape index (κ1) is 19.5. The Labute approximate surface area is 168 Å². The van der Waals surface area contributed by atoms with Gasteiger partial charge in [0.25, 0.3) is 5.82 Å². The Morgan fingerprint density at radius 2 is 1.96 bits per heavy atom. The van der Waals surface area contributed by atoms with Gasteiger partial charge in [-0.3, -0.25) is 0 Å². The molecular weight excluding hydrogens is 374 g/mol. The van der Waals surface area contributed by atoms with Gasteiger partial charge >= 0.3 is 5.63 Å². The number of nitrogens with zero attached hydrogens (tertiary/aromatic N) is 2. The van der Waals surface area contributed by atoms with E-state index in [4.69, 9.17) is 4.42 Å². The molecule has 0 radical (unpaired) electrons. The van der Waals surface area contributed by atoms with Crippen LogP contribution in [0.2, 0.25) is 0 Å². The highest BCUT2D eigenvalue weighted by molar-refractivity contribution is 5.84. The normalized spacial score (nSPS) is 10.6. The molecule has 2 aromatic heterocycles. The average Bonchev–Trinajstić information content (AvgIpc) is 2.92. The van der Waals surface area contributed by atoms with Crippen molar-refractivity contribution in [2.24, 2.45) is 14.1 Å². The van der Waals surface area contributed by atoms with Crippen LogP contribution >= 0.6 is 0 Å². The standard InChI is InChI=1S/C22H20N3O2.ClH/c1-5-23-14(2)15-10-11-16-12-17(22(26)27-20(16)13-15)21-24(3)18-8-6-7-9-19(18)25(21)4;/h5-13,23H,1-2H2,3-4H3;1H/q+1;/p-1. The van der Waals surface area contributed by atoms with Crippen LogP contribution in [0.4, 0.5) is 0 Å². The van der Waals surface area contributed by atoms with Gasteiger partial charge in [0.1, 0.15) is 5.58 Å². The van der Waals surface area contributed by atoms with Crippen LogP contribution in [0.5, 0.6) is 0 Å². The molecule has 0 bridgehead atoms. The highest BCUT2D eigenvalue weighted by Crippen LogP contribution is 2.24. The first-order chi connectivity index (χ1) is 13.0. The largest absolute Gasteiger partial charge is 1.00 e. The highest BCUT2D eigenvalue weighted by atomic mass is 35.5. The summed E-state index contributed by atoms with van der Waals surface area (Å²) >= 11 is 0. The number of para-hydroxylation sites is 2. The second-order valence-electron chi connectivity index (χ2n) is 6.46. The van der Waals surface area contributed by atoms with Gasteiger partial charge in [-0.15, -0.1) is 0 Å². The molecule has 28 heavy (non-hydrogen) atoms. The summed E-state index contributed by atoms with van der Waals surface area (Å²) in [5.41, 5.74) is 4.32. The van der Waals surface area contributed by atoms with E-state index in [2.05, 4.69) is 18.5 Å². The number of aryl methyl sites for hydroxylation is 2. The van der Waals surface area contributed by atoms with Crippen LogP contribution < -0.4 is 27.9 Å². The minimum Gasteiger partial charge on any atom is -1.00 e. The lowest BCUT2D eigenvalue weighted by molar-refractivity contribution is -0.634. The topological polar surface area (TPSA) is 51.0 Å². The molecule has 0 fully saturated rings. The van der Waals surface area contributed by atoms with Gasteiger partial charge in [0.05, 0.1) is 14.1 Å². The molecule has 2 aromatic carbocycles. The minimum absolute atomic E-state index is 0. The maximum atomic E-state index is 12.8. The van der Waals surface area contributed by atoms with E-state index in [0.717, 1.165) is 27.8 Å². The van der Waals surface area contributed by atoms with E-state index in [1.165, 1.54) is 0 Å². The third kappa shape index (κ3) is 3.00. The highest BCUT2D eigenvalue weighted by Gasteiger charge is 2.25. The molecule has 0 aliphatic carbocycles. The lowest BCUT2D eigenvalue weighted by atomic mass is 10.1. The predicted molar refractivity (Wildman–Crippen MR) is 108 cm³/mol. The zero-order valence-corrected chi connectivity index (χ0v) is 16.5. The summed E-state index contributed by atoms with van der Waals surface area (Å²) < 4.78 is 9.67. The second kappa shape index (κ2) is 7.37.